The Balaban J connectivity index is 1.85. The number of carbonyl (C=O) groups is 1. The van der Waals surface area contributed by atoms with Crippen molar-refractivity contribution in [3.63, 3.8) is 0 Å². The molecule has 0 aliphatic heterocycles. The topological polar surface area (TPSA) is 45.3 Å². The number of benzene rings is 2. The van der Waals surface area contributed by atoms with E-state index >= 15 is 0 Å². The maximum atomic E-state index is 12.8. The number of nitrogens with zero attached hydrogens (tertiary/aromatic N) is 1. The van der Waals surface area contributed by atoms with Gasteiger partial charge in [-0.25, -0.2) is 4.79 Å². The number of para-hydroxylation sites is 1. The summed E-state index contributed by atoms with van der Waals surface area (Å²) in [6.07, 6.45) is 0.382. The molecule has 1 aromatic heterocycles. The minimum Gasteiger partial charge on any atom is -0.453 e. The van der Waals surface area contributed by atoms with Gasteiger partial charge in [0.2, 0.25) is 0 Å². The van der Waals surface area contributed by atoms with E-state index in [1.807, 2.05) is 69.6 Å². The van der Waals surface area contributed by atoms with Crippen LogP contribution in [0, 0.1) is 6.92 Å². The molecule has 1 atom stereocenters. The number of H-pyrrole nitrogens is 1. The van der Waals surface area contributed by atoms with Crippen LogP contribution < -0.4 is 0 Å². The lowest BCUT2D eigenvalue weighted by atomic mass is 10.1. The summed E-state index contributed by atoms with van der Waals surface area (Å²) in [5.41, 5.74) is 3.30. The van der Waals surface area contributed by atoms with Crippen LogP contribution in [0.15, 0.2) is 48.5 Å². The molecule has 0 aliphatic rings. The summed E-state index contributed by atoms with van der Waals surface area (Å²) in [6.45, 7) is 2.75. The number of esters is 1. The number of hydrogen-bond donors (Lipinski definition) is 1. The molecule has 0 spiro atoms. The Kier molecular flexibility index (Phi) is 5.64. The number of aromatic nitrogens is 1. The van der Waals surface area contributed by atoms with Gasteiger partial charge in [-0.2, -0.15) is 0 Å². The average Bonchev–Trinajstić information content (AvgIpc) is 2.96. The zero-order valence-electron chi connectivity index (χ0n) is 15.3. The molecule has 3 aromatic rings. The largest absolute Gasteiger partial charge is 0.453 e. The fourth-order valence-corrected chi connectivity index (χ4v) is 3.15. The van der Waals surface area contributed by atoms with Crippen LogP contribution in [0.25, 0.3) is 10.9 Å². The molecule has 3 rings (SSSR count). The quantitative estimate of drug-likeness (QED) is 0.622. The molecule has 0 fully saturated rings. The second kappa shape index (κ2) is 7.94. The number of carbonyl (C=O) groups excluding carboxylic acids is 1. The van der Waals surface area contributed by atoms with Crippen LogP contribution in [-0.2, 0) is 4.74 Å². The number of halogens is 1. The molecule has 5 heteroatoms. The molecule has 2 aromatic carbocycles. The SMILES string of the molecule is Cc1c(C(=O)OC(CCN(C)C)c2ccc(Cl)cc2)[nH]c2ccccc12. The lowest BCUT2D eigenvalue weighted by molar-refractivity contribution is 0.0254. The second-order valence-electron chi connectivity index (χ2n) is 6.71. The highest BCUT2D eigenvalue weighted by molar-refractivity contribution is 6.30. The molecule has 0 amide bonds. The van der Waals surface area contributed by atoms with Gasteiger partial charge in [-0.15, -0.1) is 0 Å². The van der Waals surface area contributed by atoms with Gasteiger partial charge in [-0.05, 0) is 50.3 Å². The van der Waals surface area contributed by atoms with Gasteiger partial charge in [-0.1, -0.05) is 41.9 Å². The molecule has 0 saturated heterocycles. The van der Waals surface area contributed by atoms with Gasteiger partial charge >= 0.3 is 5.97 Å². The summed E-state index contributed by atoms with van der Waals surface area (Å²) < 4.78 is 5.88. The van der Waals surface area contributed by atoms with Crippen molar-refractivity contribution in [3.05, 3.63) is 70.4 Å². The van der Waals surface area contributed by atoms with Crippen molar-refractivity contribution in [2.45, 2.75) is 19.4 Å². The van der Waals surface area contributed by atoms with Gasteiger partial charge in [0, 0.05) is 28.9 Å². The van der Waals surface area contributed by atoms with E-state index in [1.165, 1.54) is 0 Å². The number of fused-ring (bicyclic) bond motifs is 1. The first-order valence-corrected chi connectivity index (χ1v) is 9.02. The number of aromatic amines is 1. The van der Waals surface area contributed by atoms with Crippen LogP contribution in [0.2, 0.25) is 5.02 Å². The molecular formula is C21H23ClN2O2. The fraction of sp³-hybridized carbons (Fsp3) is 0.286. The smallest absolute Gasteiger partial charge is 0.355 e. The first-order valence-electron chi connectivity index (χ1n) is 8.64. The van der Waals surface area contributed by atoms with Crippen LogP contribution in [0.4, 0.5) is 0 Å². The van der Waals surface area contributed by atoms with Crippen molar-refractivity contribution in [1.29, 1.82) is 0 Å². The Hall–Kier alpha value is -2.30. The average molecular weight is 371 g/mol. The zero-order chi connectivity index (χ0) is 18.7. The molecule has 0 bridgehead atoms. The predicted molar refractivity (Wildman–Crippen MR) is 106 cm³/mol. The van der Waals surface area contributed by atoms with Crippen molar-refractivity contribution in [3.8, 4) is 0 Å². The molecule has 1 N–H and O–H groups in total. The molecule has 136 valence electrons. The van der Waals surface area contributed by atoms with E-state index in [2.05, 4.69) is 9.88 Å². The maximum absolute atomic E-state index is 12.8. The van der Waals surface area contributed by atoms with Crippen LogP contribution >= 0.6 is 11.6 Å². The summed E-state index contributed by atoms with van der Waals surface area (Å²) in [6, 6.07) is 15.3. The van der Waals surface area contributed by atoms with Crippen LogP contribution in [0.5, 0.6) is 0 Å². The molecule has 0 saturated carbocycles. The third kappa shape index (κ3) is 4.09. The number of rotatable bonds is 6. The van der Waals surface area contributed by atoms with Gasteiger partial charge in [0.15, 0.2) is 0 Å². The van der Waals surface area contributed by atoms with E-state index in [0.29, 0.717) is 17.1 Å². The summed E-state index contributed by atoms with van der Waals surface area (Å²) in [7, 11) is 4.01. The molecule has 1 heterocycles. The highest BCUT2D eigenvalue weighted by Crippen LogP contribution is 2.27. The van der Waals surface area contributed by atoms with Gasteiger partial charge in [0.1, 0.15) is 11.8 Å². The van der Waals surface area contributed by atoms with Gasteiger partial charge in [0.25, 0.3) is 0 Å². The van der Waals surface area contributed by atoms with E-state index in [-0.39, 0.29) is 12.1 Å². The predicted octanol–water partition coefficient (Wildman–Crippen LogP) is 4.98. The van der Waals surface area contributed by atoms with Crippen molar-refractivity contribution in [2.75, 3.05) is 20.6 Å². The molecule has 4 nitrogen and oxygen atoms in total. The lowest BCUT2D eigenvalue weighted by Gasteiger charge is -2.20. The first-order chi connectivity index (χ1) is 12.5. The molecule has 0 aliphatic carbocycles. The van der Waals surface area contributed by atoms with E-state index in [0.717, 1.165) is 28.6 Å². The summed E-state index contributed by atoms with van der Waals surface area (Å²) >= 11 is 5.99. The van der Waals surface area contributed by atoms with Gasteiger partial charge < -0.3 is 14.6 Å². The maximum Gasteiger partial charge on any atom is 0.355 e. The van der Waals surface area contributed by atoms with Crippen molar-refractivity contribution in [2.24, 2.45) is 0 Å². The first kappa shape index (κ1) is 18.5. The minimum absolute atomic E-state index is 0.326. The van der Waals surface area contributed by atoms with E-state index < -0.39 is 0 Å². The highest BCUT2D eigenvalue weighted by Gasteiger charge is 2.22. The van der Waals surface area contributed by atoms with Crippen molar-refractivity contribution in [1.82, 2.24) is 9.88 Å². The number of ether oxygens (including phenoxy) is 1. The van der Waals surface area contributed by atoms with Gasteiger partial charge in [0.05, 0.1) is 0 Å². The van der Waals surface area contributed by atoms with Crippen molar-refractivity contribution < 1.29 is 9.53 Å². The summed E-state index contributed by atoms with van der Waals surface area (Å²) in [5, 5.41) is 1.70. The summed E-state index contributed by atoms with van der Waals surface area (Å²) in [4.78, 5) is 18.1. The van der Waals surface area contributed by atoms with E-state index in [4.69, 9.17) is 16.3 Å². The van der Waals surface area contributed by atoms with Crippen LogP contribution in [0.3, 0.4) is 0 Å². The van der Waals surface area contributed by atoms with Crippen LogP contribution in [0.1, 0.15) is 34.1 Å². The normalized spacial score (nSPS) is 12.5. The lowest BCUT2D eigenvalue weighted by Crippen LogP contribution is -2.20. The van der Waals surface area contributed by atoms with E-state index in [9.17, 15) is 4.79 Å². The third-order valence-electron chi connectivity index (χ3n) is 4.50. The molecular weight excluding hydrogens is 348 g/mol. The standard InChI is InChI=1S/C21H23ClN2O2/c1-14-17-6-4-5-7-18(17)23-20(14)21(25)26-19(12-13-24(2)3)15-8-10-16(22)11-9-15/h4-11,19,23H,12-13H2,1-3H3. The Morgan fingerprint density at radius 2 is 1.85 bits per heavy atom. The number of aryl methyl sites for hydroxylation is 1. The Morgan fingerprint density at radius 1 is 1.15 bits per heavy atom. The van der Waals surface area contributed by atoms with E-state index in [1.54, 1.807) is 0 Å². The number of nitrogens with one attached hydrogen (secondary N) is 1. The third-order valence-corrected chi connectivity index (χ3v) is 4.75. The molecule has 26 heavy (non-hydrogen) atoms. The Bertz CT molecular complexity index is 900. The number of hydrogen-bond acceptors (Lipinski definition) is 3. The zero-order valence-corrected chi connectivity index (χ0v) is 16.0. The molecule has 0 radical (unpaired) electrons. The van der Waals surface area contributed by atoms with Crippen molar-refractivity contribution >= 4 is 28.5 Å². The highest BCUT2D eigenvalue weighted by atomic mass is 35.5. The Morgan fingerprint density at radius 3 is 2.50 bits per heavy atom. The fourth-order valence-electron chi connectivity index (χ4n) is 3.02. The molecule has 1 unspecified atom stereocenters. The van der Waals surface area contributed by atoms with Gasteiger partial charge in [-0.3, -0.25) is 0 Å². The second-order valence-corrected chi connectivity index (χ2v) is 7.14. The Labute approximate surface area is 158 Å². The summed E-state index contributed by atoms with van der Waals surface area (Å²) in [5.74, 6) is -0.336. The van der Waals surface area contributed by atoms with Crippen LogP contribution in [-0.4, -0.2) is 36.5 Å². The monoisotopic (exact) mass is 370 g/mol. The minimum atomic E-state index is -0.336.